The van der Waals surface area contributed by atoms with Gasteiger partial charge in [-0.25, -0.2) is 0 Å². The Morgan fingerprint density at radius 1 is 1.17 bits per heavy atom. The first kappa shape index (κ1) is 17.8. The van der Waals surface area contributed by atoms with Crippen molar-refractivity contribution in [2.75, 3.05) is 18.9 Å². The molecule has 23 heavy (non-hydrogen) atoms. The summed E-state index contributed by atoms with van der Waals surface area (Å²) in [6.07, 6.45) is 2.63. The number of benzene rings is 1. The Bertz CT molecular complexity index is 666. The van der Waals surface area contributed by atoms with Gasteiger partial charge in [-0.2, -0.15) is 0 Å². The van der Waals surface area contributed by atoms with Crippen LogP contribution >= 0.6 is 0 Å². The fraction of sp³-hybridized carbons (Fsp3) is 0.500. The van der Waals surface area contributed by atoms with E-state index in [4.69, 9.17) is 14.9 Å². The van der Waals surface area contributed by atoms with Crippen molar-refractivity contribution in [2.24, 2.45) is 0 Å². The Morgan fingerprint density at radius 3 is 2.61 bits per heavy atom. The van der Waals surface area contributed by atoms with Gasteiger partial charge in [0.05, 0.1) is 17.8 Å². The number of hydrogen-bond donors (Lipinski definition) is 1. The number of anilines is 1. The largest absolute Gasteiger partial charge is 0.491 e. The zero-order valence-corrected chi connectivity index (χ0v) is 15.8. The third-order valence-corrected chi connectivity index (χ3v) is 9.09. The number of nitrogens with zero attached hydrogens (tertiary/aromatic N) is 1. The molecule has 1 aromatic carbocycles. The molecule has 0 atom stereocenters. The lowest BCUT2D eigenvalue weighted by molar-refractivity contribution is 0.234. The molecule has 0 aliphatic rings. The van der Waals surface area contributed by atoms with Gasteiger partial charge in [0.1, 0.15) is 5.75 Å². The van der Waals surface area contributed by atoms with Crippen LogP contribution in [0.15, 0.2) is 30.5 Å². The first-order valence-corrected chi connectivity index (χ1v) is 11.0. The summed E-state index contributed by atoms with van der Waals surface area (Å²) in [4.78, 5) is 4.33. The van der Waals surface area contributed by atoms with Crippen molar-refractivity contribution in [3.05, 3.63) is 30.5 Å². The lowest BCUT2D eigenvalue weighted by Crippen LogP contribution is -2.41. The fourth-order valence-corrected chi connectivity index (χ4v) is 3.12. The van der Waals surface area contributed by atoms with Gasteiger partial charge in [0.15, 0.2) is 8.32 Å². The molecule has 0 radical (unpaired) electrons. The zero-order chi connectivity index (χ0) is 17.1. The van der Waals surface area contributed by atoms with Crippen molar-refractivity contribution in [3.8, 4) is 5.75 Å². The maximum atomic E-state index is 6.15. The number of ether oxygens (including phenoxy) is 1. The Morgan fingerprint density at radius 2 is 1.91 bits per heavy atom. The molecule has 0 amide bonds. The summed E-state index contributed by atoms with van der Waals surface area (Å²) in [6, 6.07) is 7.71. The monoisotopic (exact) mass is 332 g/mol. The predicted octanol–water partition coefficient (Wildman–Crippen LogP) is 4.61. The minimum atomic E-state index is -1.67. The number of hydrogen-bond acceptors (Lipinski definition) is 4. The van der Waals surface area contributed by atoms with E-state index in [0.717, 1.165) is 23.9 Å². The molecule has 0 saturated heterocycles. The van der Waals surface area contributed by atoms with E-state index in [1.54, 1.807) is 6.20 Å². The van der Waals surface area contributed by atoms with Crippen LogP contribution in [-0.2, 0) is 4.43 Å². The number of pyridine rings is 1. The van der Waals surface area contributed by atoms with Crippen molar-refractivity contribution >= 4 is 24.9 Å². The molecule has 0 aliphatic carbocycles. The lowest BCUT2D eigenvalue weighted by Gasteiger charge is -2.36. The summed E-state index contributed by atoms with van der Waals surface area (Å²) < 4.78 is 12.0. The molecule has 0 saturated carbocycles. The quantitative estimate of drug-likeness (QED) is 0.477. The standard InChI is InChI=1S/C18H28N2O2Si/c1-18(2,3)23(4,5)22-11-7-10-21-17-13-16-14(12-15(17)19)8-6-9-20-16/h6,8-9,12-13H,7,10-11,19H2,1-5H3. The molecule has 0 spiro atoms. The minimum absolute atomic E-state index is 0.238. The number of nitrogens with two attached hydrogens (primary N) is 1. The van der Waals surface area contributed by atoms with Gasteiger partial charge in [-0.1, -0.05) is 26.8 Å². The van der Waals surface area contributed by atoms with Gasteiger partial charge < -0.3 is 14.9 Å². The molecular weight excluding hydrogens is 304 g/mol. The minimum Gasteiger partial charge on any atom is -0.491 e. The maximum absolute atomic E-state index is 6.15. The van der Waals surface area contributed by atoms with Gasteiger partial charge in [-0.15, -0.1) is 0 Å². The number of aromatic nitrogens is 1. The summed E-state index contributed by atoms with van der Waals surface area (Å²) in [5.74, 6) is 0.698. The van der Waals surface area contributed by atoms with Crippen molar-refractivity contribution in [3.63, 3.8) is 0 Å². The van der Waals surface area contributed by atoms with E-state index in [1.165, 1.54) is 0 Å². The Balaban J connectivity index is 1.86. The van der Waals surface area contributed by atoms with Gasteiger partial charge in [0.25, 0.3) is 0 Å². The topological polar surface area (TPSA) is 57.4 Å². The second-order valence-electron chi connectivity index (χ2n) is 7.40. The van der Waals surface area contributed by atoms with E-state index in [-0.39, 0.29) is 5.04 Å². The van der Waals surface area contributed by atoms with E-state index >= 15 is 0 Å². The summed E-state index contributed by atoms with van der Waals surface area (Å²) in [6.45, 7) is 12.6. The Kier molecular flexibility index (Phi) is 5.32. The molecular formula is C18H28N2O2Si. The molecule has 4 nitrogen and oxygen atoms in total. The molecule has 0 fully saturated rings. The van der Waals surface area contributed by atoms with Crippen LogP contribution in [0.1, 0.15) is 27.2 Å². The van der Waals surface area contributed by atoms with Gasteiger partial charge in [0, 0.05) is 30.7 Å². The van der Waals surface area contributed by atoms with Crippen LogP contribution in [0.25, 0.3) is 10.9 Å². The van der Waals surface area contributed by atoms with Crippen LogP contribution in [0.2, 0.25) is 18.1 Å². The third kappa shape index (κ3) is 4.45. The summed E-state index contributed by atoms with van der Waals surface area (Å²) in [5.41, 5.74) is 7.60. The third-order valence-electron chi connectivity index (χ3n) is 4.55. The highest BCUT2D eigenvalue weighted by molar-refractivity contribution is 6.74. The average molecular weight is 333 g/mol. The van der Waals surface area contributed by atoms with E-state index < -0.39 is 8.32 Å². The number of rotatable bonds is 6. The highest BCUT2D eigenvalue weighted by atomic mass is 28.4. The maximum Gasteiger partial charge on any atom is 0.191 e. The average Bonchev–Trinajstić information content (AvgIpc) is 2.46. The Hall–Kier alpha value is -1.59. The highest BCUT2D eigenvalue weighted by Crippen LogP contribution is 2.36. The van der Waals surface area contributed by atoms with Crippen LogP contribution in [0.3, 0.4) is 0 Å². The molecule has 0 unspecified atom stereocenters. The lowest BCUT2D eigenvalue weighted by atomic mass is 10.2. The van der Waals surface area contributed by atoms with E-state index in [2.05, 4.69) is 38.8 Å². The Labute approximate surface area is 140 Å². The molecule has 1 heterocycles. The van der Waals surface area contributed by atoms with E-state index in [1.807, 2.05) is 24.3 Å². The molecule has 1 aromatic heterocycles. The van der Waals surface area contributed by atoms with E-state index in [0.29, 0.717) is 18.0 Å². The van der Waals surface area contributed by atoms with Crippen molar-refractivity contribution in [2.45, 2.75) is 45.3 Å². The first-order valence-electron chi connectivity index (χ1n) is 8.12. The van der Waals surface area contributed by atoms with Crippen molar-refractivity contribution in [1.29, 1.82) is 0 Å². The van der Waals surface area contributed by atoms with Gasteiger partial charge in [0.2, 0.25) is 0 Å². The first-order chi connectivity index (χ1) is 10.7. The fourth-order valence-electron chi connectivity index (χ4n) is 2.03. The van der Waals surface area contributed by atoms with Gasteiger partial charge >= 0.3 is 0 Å². The predicted molar refractivity (Wildman–Crippen MR) is 99.4 cm³/mol. The van der Waals surface area contributed by atoms with Crippen molar-refractivity contribution in [1.82, 2.24) is 4.98 Å². The van der Waals surface area contributed by atoms with Crippen molar-refractivity contribution < 1.29 is 9.16 Å². The van der Waals surface area contributed by atoms with Crippen LogP contribution < -0.4 is 10.5 Å². The van der Waals surface area contributed by atoms with E-state index in [9.17, 15) is 0 Å². The number of nitrogen functional groups attached to an aromatic ring is 1. The molecule has 5 heteroatoms. The zero-order valence-electron chi connectivity index (χ0n) is 14.8. The SMILES string of the molecule is CC(C)(C)[Si](C)(C)OCCCOc1cc2ncccc2cc1N. The van der Waals surface area contributed by atoms with Gasteiger partial charge in [-0.05, 0) is 30.3 Å². The van der Waals surface area contributed by atoms with Crippen LogP contribution in [0.4, 0.5) is 5.69 Å². The number of fused-ring (bicyclic) bond motifs is 1. The highest BCUT2D eigenvalue weighted by Gasteiger charge is 2.36. The second-order valence-corrected chi connectivity index (χ2v) is 12.2. The van der Waals surface area contributed by atoms with Gasteiger partial charge in [-0.3, -0.25) is 4.98 Å². The van der Waals surface area contributed by atoms with Crippen LogP contribution in [0.5, 0.6) is 5.75 Å². The molecule has 2 rings (SSSR count). The molecule has 2 aromatic rings. The summed E-state index contributed by atoms with van der Waals surface area (Å²) >= 11 is 0. The molecule has 0 aliphatic heterocycles. The molecule has 126 valence electrons. The summed E-state index contributed by atoms with van der Waals surface area (Å²) in [7, 11) is -1.67. The molecule has 0 bridgehead atoms. The second kappa shape index (κ2) is 6.89. The molecule has 2 N–H and O–H groups in total. The van der Waals surface area contributed by atoms with Crippen LogP contribution in [-0.4, -0.2) is 26.5 Å². The smallest absolute Gasteiger partial charge is 0.191 e. The van der Waals surface area contributed by atoms with Crippen LogP contribution in [0, 0.1) is 0 Å². The normalized spacial score (nSPS) is 12.6. The summed E-state index contributed by atoms with van der Waals surface area (Å²) in [5, 5.41) is 1.26.